The van der Waals surface area contributed by atoms with Crippen LogP contribution in [-0.2, 0) is 12.8 Å². The Morgan fingerprint density at radius 2 is 1.20 bits per heavy atom. The highest BCUT2D eigenvalue weighted by Gasteiger charge is 2.31. The summed E-state index contributed by atoms with van der Waals surface area (Å²) in [5.74, 6) is 1.11. The van der Waals surface area contributed by atoms with Crippen molar-refractivity contribution in [3.8, 4) is 55.8 Å². The Hall–Kier alpha value is -5.27. The van der Waals surface area contributed by atoms with Gasteiger partial charge in [0.15, 0.2) is 0 Å². The molecule has 1 heterocycles. The van der Waals surface area contributed by atoms with Crippen molar-refractivity contribution in [3.05, 3.63) is 174 Å². The van der Waals surface area contributed by atoms with Crippen LogP contribution in [0.3, 0.4) is 0 Å². The van der Waals surface area contributed by atoms with Gasteiger partial charge in [-0.2, -0.15) is 0 Å². The van der Waals surface area contributed by atoms with Gasteiger partial charge < -0.3 is 0 Å². The summed E-state index contributed by atoms with van der Waals surface area (Å²) in [5.41, 5.74) is 18.2. The molecule has 3 aliphatic carbocycles. The molecule has 1 aromatic heterocycles. The fraction of sp³-hybridized carbons (Fsp3) is 0.0930. The lowest BCUT2D eigenvalue weighted by Crippen LogP contribution is -2.04. The largest absolute Gasteiger partial charge is 0.256 e. The first kappa shape index (κ1) is 25.2. The van der Waals surface area contributed by atoms with E-state index in [-0.39, 0.29) is 0 Å². The zero-order valence-electron chi connectivity index (χ0n) is 24.4. The Balaban J connectivity index is 0.985. The summed E-state index contributed by atoms with van der Waals surface area (Å²) in [4.78, 5) is 4.96. The molecule has 9 rings (SSSR count). The molecule has 0 saturated heterocycles. The van der Waals surface area contributed by atoms with Gasteiger partial charge in [-0.1, -0.05) is 133 Å². The molecule has 0 radical (unpaired) electrons. The first-order valence-corrected chi connectivity index (χ1v) is 15.6. The highest BCUT2D eigenvalue weighted by Crippen LogP contribution is 2.45. The molecule has 3 aliphatic rings. The van der Waals surface area contributed by atoms with Crippen LogP contribution < -0.4 is 0 Å². The van der Waals surface area contributed by atoms with Gasteiger partial charge in [0, 0.05) is 23.2 Å². The molecule has 5 aromatic carbocycles. The number of rotatable bonds is 4. The number of benzene rings is 5. The summed E-state index contributed by atoms with van der Waals surface area (Å²) >= 11 is 0. The van der Waals surface area contributed by atoms with E-state index in [1.165, 1.54) is 66.8 Å². The van der Waals surface area contributed by atoms with Crippen LogP contribution in [0.4, 0.5) is 0 Å². The Labute approximate surface area is 258 Å². The van der Waals surface area contributed by atoms with Crippen molar-refractivity contribution in [1.82, 2.24) is 4.98 Å². The van der Waals surface area contributed by atoms with Crippen LogP contribution >= 0.6 is 0 Å². The molecule has 0 saturated carbocycles. The Morgan fingerprint density at radius 1 is 0.500 bits per heavy atom. The van der Waals surface area contributed by atoms with E-state index in [9.17, 15) is 0 Å². The molecule has 208 valence electrons. The number of hydrogen-bond donors (Lipinski definition) is 0. The van der Waals surface area contributed by atoms with Crippen LogP contribution in [0, 0.1) is 5.92 Å². The second-order valence-corrected chi connectivity index (χ2v) is 12.3. The number of allylic oxidation sites excluding steroid dienone is 4. The predicted molar refractivity (Wildman–Crippen MR) is 182 cm³/mol. The van der Waals surface area contributed by atoms with Gasteiger partial charge in [-0.25, -0.2) is 0 Å². The molecule has 2 unspecified atom stereocenters. The quantitative estimate of drug-likeness (QED) is 0.208. The van der Waals surface area contributed by atoms with Crippen LogP contribution in [0.25, 0.3) is 55.8 Å². The third-order valence-corrected chi connectivity index (χ3v) is 9.88. The predicted octanol–water partition coefficient (Wildman–Crippen LogP) is 10.7. The fourth-order valence-electron chi connectivity index (χ4n) is 7.68. The van der Waals surface area contributed by atoms with Crippen LogP contribution in [-0.4, -0.2) is 4.98 Å². The molecule has 0 N–H and O–H groups in total. The lowest BCUT2D eigenvalue weighted by atomic mass is 9.89. The number of hydrogen-bond acceptors (Lipinski definition) is 1. The van der Waals surface area contributed by atoms with Crippen molar-refractivity contribution in [2.24, 2.45) is 5.92 Å². The maximum absolute atomic E-state index is 4.96. The van der Waals surface area contributed by atoms with Gasteiger partial charge in [0.2, 0.25) is 0 Å². The van der Waals surface area contributed by atoms with Gasteiger partial charge in [-0.15, -0.1) is 0 Å². The molecule has 44 heavy (non-hydrogen) atoms. The maximum atomic E-state index is 4.96. The number of aromatic nitrogens is 1. The molecule has 0 spiro atoms. The molecule has 0 bridgehead atoms. The van der Waals surface area contributed by atoms with E-state index in [0.29, 0.717) is 11.8 Å². The summed E-state index contributed by atoms with van der Waals surface area (Å²) in [5, 5.41) is 0. The second-order valence-electron chi connectivity index (χ2n) is 12.3. The van der Waals surface area contributed by atoms with Crippen molar-refractivity contribution in [3.63, 3.8) is 0 Å². The van der Waals surface area contributed by atoms with E-state index >= 15 is 0 Å². The number of nitrogens with zero attached hydrogens (tertiary/aromatic N) is 1. The molecule has 1 heteroatoms. The van der Waals surface area contributed by atoms with Crippen LogP contribution in [0.5, 0.6) is 0 Å². The van der Waals surface area contributed by atoms with Gasteiger partial charge >= 0.3 is 0 Å². The standard InChI is InChI=1S/C43H31N/c1-3-12-36-32(8-1)25-41-35(14-6-15-38(36)41)29-20-18-28(19-21-29)30-10-5-11-31(24-30)34-22-23-43(44-27-34)40-17-7-16-39-37-13-4-2-9-33(37)26-42(39)40/h1-24,27,32,36H,25-26H2. The molecule has 0 amide bonds. The van der Waals surface area contributed by atoms with Crippen molar-refractivity contribution in [2.75, 3.05) is 0 Å². The van der Waals surface area contributed by atoms with E-state index in [0.717, 1.165) is 24.1 Å². The van der Waals surface area contributed by atoms with E-state index in [1.54, 1.807) is 0 Å². The molecule has 6 aromatic rings. The monoisotopic (exact) mass is 561 g/mol. The average molecular weight is 562 g/mol. The SMILES string of the molecule is C1=CC2Cc3c(-c4ccc(-c5cccc(-c6ccc(-c7cccc8c7Cc7ccccc7-8)nc6)c5)cc4)cccc3C2C=C1. The molecular weight excluding hydrogens is 530 g/mol. The van der Waals surface area contributed by atoms with Gasteiger partial charge in [0.05, 0.1) is 5.69 Å². The van der Waals surface area contributed by atoms with Crippen molar-refractivity contribution in [1.29, 1.82) is 0 Å². The molecule has 1 nitrogen and oxygen atoms in total. The number of fused-ring (bicyclic) bond motifs is 6. The minimum Gasteiger partial charge on any atom is -0.256 e. The third-order valence-electron chi connectivity index (χ3n) is 9.88. The summed E-state index contributed by atoms with van der Waals surface area (Å²) in [6.45, 7) is 0. The van der Waals surface area contributed by atoms with E-state index in [4.69, 9.17) is 4.98 Å². The summed E-state index contributed by atoms with van der Waals surface area (Å²) in [7, 11) is 0. The van der Waals surface area contributed by atoms with Gasteiger partial charge in [-0.3, -0.25) is 4.98 Å². The Kier molecular flexibility index (Phi) is 5.84. The Morgan fingerprint density at radius 3 is 2.09 bits per heavy atom. The zero-order chi connectivity index (χ0) is 29.0. The fourth-order valence-corrected chi connectivity index (χ4v) is 7.68. The smallest absolute Gasteiger partial charge is 0.0705 e. The summed E-state index contributed by atoms with van der Waals surface area (Å²) in [6, 6.07) is 44.5. The van der Waals surface area contributed by atoms with Crippen molar-refractivity contribution in [2.45, 2.75) is 18.8 Å². The third kappa shape index (κ3) is 4.12. The first-order valence-electron chi connectivity index (χ1n) is 15.6. The highest BCUT2D eigenvalue weighted by atomic mass is 14.7. The van der Waals surface area contributed by atoms with Crippen LogP contribution in [0.2, 0.25) is 0 Å². The summed E-state index contributed by atoms with van der Waals surface area (Å²) in [6.07, 6.45) is 13.3. The lowest BCUT2D eigenvalue weighted by Gasteiger charge is -2.15. The zero-order valence-corrected chi connectivity index (χ0v) is 24.4. The van der Waals surface area contributed by atoms with Crippen molar-refractivity contribution >= 4 is 0 Å². The van der Waals surface area contributed by atoms with Gasteiger partial charge in [-0.05, 0) is 92.1 Å². The van der Waals surface area contributed by atoms with Crippen LogP contribution in [0.15, 0.2) is 152 Å². The van der Waals surface area contributed by atoms with Crippen LogP contribution in [0.1, 0.15) is 28.2 Å². The van der Waals surface area contributed by atoms with Crippen molar-refractivity contribution < 1.29 is 0 Å². The summed E-state index contributed by atoms with van der Waals surface area (Å²) < 4.78 is 0. The second kappa shape index (κ2) is 10.2. The topological polar surface area (TPSA) is 12.9 Å². The number of pyridine rings is 1. The minimum absolute atomic E-state index is 0.520. The van der Waals surface area contributed by atoms with E-state index in [2.05, 4.69) is 146 Å². The molecule has 0 fully saturated rings. The van der Waals surface area contributed by atoms with Gasteiger partial charge in [0.1, 0.15) is 0 Å². The van der Waals surface area contributed by atoms with E-state index in [1.807, 2.05) is 6.20 Å². The lowest BCUT2D eigenvalue weighted by molar-refractivity contribution is 0.630. The van der Waals surface area contributed by atoms with E-state index < -0.39 is 0 Å². The Bertz CT molecular complexity index is 2110. The maximum Gasteiger partial charge on any atom is 0.0705 e. The highest BCUT2D eigenvalue weighted by molar-refractivity contribution is 5.84. The molecule has 2 atom stereocenters. The molecular formula is C43H31N. The normalized spacial score (nSPS) is 17.2. The molecule has 0 aliphatic heterocycles. The van der Waals surface area contributed by atoms with Gasteiger partial charge in [0.25, 0.3) is 0 Å². The first-order chi connectivity index (χ1) is 21.8. The average Bonchev–Trinajstić information content (AvgIpc) is 3.67. The minimum atomic E-state index is 0.520.